The van der Waals surface area contributed by atoms with Crippen LogP contribution in [-0.2, 0) is 11.3 Å². The molecule has 1 amide bonds. The molecule has 4 aromatic rings. The normalized spacial score (nSPS) is 15.7. The monoisotopic (exact) mass is 506 g/mol. The van der Waals surface area contributed by atoms with E-state index in [1.54, 1.807) is 6.08 Å². The highest BCUT2D eigenvalue weighted by molar-refractivity contribution is 6.01. The summed E-state index contributed by atoms with van der Waals surface area (Å²) in [4.78, 5) is 23.8. The summed E-state index contributed by atoms with van der Waals surface area (Å²) in [5.74, 6) is 1.82. The first-order valence-electron chi connectivity index (χ1n) is 12.8. The number of allylic oxidation sites excluding steroid dienone is 1. The number of nitriles is 1. The molecule has 1 aliphatic rings. The maximum absolute atomic E-state index is 13.2. The average Bonchev–Trinajstić information content (AvgIpc) is 3.54. The Morgan fingerprint density at radius 1 is 1.16 bits per heavy atom. The van der Waals surface area contributed by atoms with E-state index in [1.807, 2.05) is 84.1 Å². The zero-order chi connectivity index (χ0) is 26.6. The first-order valence-corrected chi connectivity index (χ1v) is 12.8. The van der Waals surface area contributed by atoms with E-state index in [2.05, 4.69) is 16.0 Å². The Kier molecular flexibility index (Phi) is 7.09. The van der Waals surface area contributed by atoms with Crippen molar-refractivity contribution < 1.29 is 9.53 Å². The van der Waals surface area contributed by atoms with E-state index in [-0.39, 0.29) is 23.4 Å². The first kappa shape index (κ1) is 25.0. The summed E-state index contributed by atoms with van der Waals surface area (Å²) in [6.45, 7) is 5.11. The summed E-state index contributed by atoms with van der Waals surface area (Å²) in [6.07, 6.45) is 6.97. The van der Waals surface area contributed by atoms with Crippen LogP contribution in [0.1, 0.15) is 26.7 Å². The van der Waals surface area contributed by atoms with Gasteiger partial charge in [-0.25, -0.2) is 9.97 Å². The Labute approximate surface area is 222 Å². The molecule has 2 N–H and O–H groups in total. The summed E-state index contributed by atoms with van der Waals surface area (Å²) in [5, 5.41) is 10.3. The van der Waals surface area contributed by atoms with Crippen molar-refractivity contribution in [1.29, 1.82) is 5.26 Å². The number of hydrogen-bond acceptors (Lipinski definition) is 6. The third-order valence-corrected chi connectivity index (χ3v) is 6.72. The lowest BCUT2D eigenvalue weighted by molar-refractivity contribution is -0.127. The predicted molar refractivity (Wildman–Crippen MR) is 147 cm³/mol. The number of nitrogen functional groups attached to an aromatic ring is 1. The molecule has 1 fully saturated rings. The van der Waals surface area contributed by atoms with Gasteiger partial charge in [0.25, 0.3) is 5.91 Å². The minimum absolute atomic E-state index is 0.0484. The molecular formula is C30H30N6O2. The van der Waals surface area contributed by atoms with Crippen LogP contribution in [0.5, 0.6) is 11.5 Å². The number of carbonyl (C=O) groups is 1. The lowest BCUT2D eigenvalue weighted by Crippen LogP contribution is -2.38. The van der Waals surface area contributed by atoms with Crippen molar-refractivity contribution in [2.75, 3.05) is 12.3 Å². The third kappa shape index (κ3) is 5.09. The second kappa shape index (κ2) is 10.8. The Balaban J connectivity index is 1.44. The molecule has 8 nitrogen and oxygen atoms in total. The number of amides is 1. The van der Waals surface area contributed by atoms with Crippen molar-refractivity contribution >= 4 is 22.8 Å². The average molecular weight is 507 g/mol. The molecule has 2 aromatic heterocycles. The molecule has 0 bridgehead atoms. The summed E-state index contributed by atoms with van der Waals surface area (Å²) in [5.41, 5.74) is 9.13. The number of carbonyl (C=O) groups excluding carboxylic acids is 1. The molecule has 1 atom stereocenters. The molecular weight excluding hydrogens is 476 g/mol. The van der Waals surface area contributed by atoms with Crippen LogP contribution in [0.3, 0.4) is 0 Å². The molecule has 2 aromatic carbocycles. The number of hydrogen-bond donors (Lipinski definition) is 1. The van der Waals surface area contributed by atoms with Crippen LogP contribution in [0.4, 0.5) is 5.82 Å². The molecule has 3 heterocycles. The minimum atomic E-state index is -0.205. The number of nitrogens with zero attached hydrogens (tertiary/aromatic N) is 5. The van der Waals surface area contributed by atoms with Gasteiger partial charge in [-0.05, 0) is 48.6 Å². The molecule has 1 saturated heterocycles. The van der Waals surface area contributed by atoms with Crippen LogP contribution in [0.25, 0.3) is 22.2 Å². The number of para-hydroxylation sites is 1. The second-order valence-corrected chi connectivity index (χ2v) is 9.82. The Hall–Kier alpha value is -4.64. The van der Waals surface area contributed by atoms with Crippen LogP contribution in [-0.4, -0.2) is 37.9 Å². The quantitative estimate of drug-likeness (QED) is 0.259. The summed E-state index contributed by atoms with van der Waals surface area (Å²) in [7, 11) is 0. The van der Waals surface area contributed by atoms with Crippen LogP contribution < -0.4 is 10.5 Å². The predicted octanol–water partition coefficient (Wildman–Crippen LogP) is 5.57. The van der Waals surface area contributed by atoms with Gasteiger partial charge < -0.3 is 19.9 Å². The molecule has 8 heteroatoms. The fourth-order valence-electron chi connectivity index (χ4n) is 5.00. The first-order chi connectivity index (χ1) is 18.4. The highest BCUT2D eigenvalue weighted by atomic mass is 16.5. The maximum atomic E-state index is 13.2. The Bertz CT molecular complexity index is 1520. The fraction of sp³-hybridized carbons (Fsp3) is 0.267. The molecule has 0 unspecified atom stereocenters. The summed E-state index contributed by atoms with van der Waals surface area (Å²) < 4.78 is 7.99. The van der Waals surface area contributed by atoms with Crippen LogP contribution in [0.2, 0.25) is 0 Å². The number of anilines is 1. The number of rotatable bonds is 7. The zero-order valence-electron chi connectivity index (χ0n) is 21.5. The lowest BCUT2D eigenvalue weighted by atomic mass is 10.1. The van der Waals surface area contributed by atoms with Crippen LogP contribution >= 0.6 is 0 Å². The highest BCUT2D eigenvalue weighted by Gasteiger charge is 2.31. The van der Waals surface area contributed by atoms with Crippen LogP contribution in [0.15, 0.2) is 78.8 Å². The summed E-state index contributed by atoms with van der Waals surface area (Å²) >= 11 is 0. The molecule has 0 radical (unpaired) electrons. The number of likely N-dealkylation sites (tertiary alicyclic amines) is 1. The topological polar surface area (TPSA) is 110 Å². The third-order valence-electron chi connectivity index (χ3n) is 6.72. The van der Waals surface area contributed by atoms with Gasteiger partial charge in [0.2, 0.25) is 0 Å². The van der Waals surface area contributed by atoms with Gasteiger partial charge in [-0.15, -0.1) is 0 Å². The van der Waals surface area contributed by atoms with Gasteiger partial charge in [-0.2, -0.15) is 5.26 Å². The smallest absolute Gasteiger partial charge is 0.264 e. The zero-order valence-corrected chi connectivity index (χ0v) is 21.5. The van der Waals surface area contributed by atoms with Gasteiger partial charge in [0.1, 0.15) is 40.9 Å². The van der Waals surface area contributed by atoms with Gasteiger partial charge in [0.05, 0.1) is 11.4 Å². The van der Waals surface area contributed by atoms with Gasteiger partial charge in [-0.1, -0.05) is 50.3 Å². The standard InChI is InChI=1S/C30H30N6O2/c1-20(2)15-22(16-31)30(37)36-14-6-7-23(36)17-35-18-26(27-28(32)33-19-34-29(27)35)21-10-12-25(13-11-21)38-24-8-4-3-5-9-24/h3-5,8-13,15,18-20,23H,6-7,14,17H2,1-2H3,(H2,32,33,34)/b22-15-/t23-/m1/s1. The number of nitrogens with two attached hydrogens (primary N) is 1. The fourth-order valence-corrected chi connectivity index (χ4v) is 5.00. The van der Waals surface area contributed by atoms with E-state index in [9.17, 15) is 10.1 Å². The van der Waals surface area contributed by atoms with Crippen molar-refractivity contribution in [1.82, 2.24) is 19.4 Å². The minimum Gasteiger partial charge on any atom is -0.457 e. The van der Waals surface area contributed by atoms with Crippen molar-refractivity contribution in [3.05, 3.63) is 78.8 Å². The molecule has 0 saturated carbocycles. The summed E-state index contributed by atoms with van der Waals surface area (Å²) in [6, 6.07) is 19.5. The molecule has 1 aliphatic heterocycles. The number of fused-ring (bicyclic) bond motifs is 1. The molecule has 38 heavy (non-hydrogen) atoms. The van der Waals surface area contributed by atoms with E-state index < -0.39 is 0 Å². The van der Waals surface area contributed by atoms with E-state index >= 15 is 0 Å². The largest absolute Gasteiger partial charge is 0.457 e. The van der Waals surface area contributed by atoms with Gasteiger partial charge >= 0.3 is 0 Å². The Morgan fingerprint density at radius 3 is 2.61 bits per heavy atom. The number of ether oxygens (including phenoxy) is 1. The van der Waals surface area contributed by atoms with Crippen molar-refractivity contribution in [3.8, 4) is 28.7 Å². The number of aromatic nitrogens is 3. The van der Waals surface area contributed by atoms with E-state index in [4.69, 9.17) is 10.5 Å². The molecule has 0 aliphatic carbocycles. The van der Waals surface area contributed by atoms with Gasteiger partial charge in [0.15, 0.2) is 0 Å². The van der Waals surface area contributed by atoms with Gasteiger partial charge in [-0.3, -0.25) is 4.79 Å². The van der Waals surface area contributed by atoms with Crippen molar-refractivity contribution in [2.24, 2.45) is 5.92 Å². The van der Waals surface area contributed by atoms with Gasteiger partial charge in [0, 0.05) is 24.8 Å². The SMILES string of the molecule is CC(C)/C=C(/C#N)C(=O)N1CCC[C@@H]1Cn1cc(-c2ccc(Oc3ccccc3)cc2)c2c(N)ncnc21. The van der Waals surface area contributed by atoms with E-state index in [0.29, 0.717) is 18.9 Å². The van der Waals surface area contributed by atoms with Crippen molar-refractivity contribution in [2.45, 2.75) is 39.3 Å². The van der Waals surface area contributed by atoms with Crippen LogP contribution in [0, 0.1) is 17.2 Å². The molecule has 192 valence electrons. The molecule has 5 rings (SSSR count). The second-order valence-electron chi connectivity index (χ2n) is 9.82. The lowest BCUT2D eigenvalue weighted by Gasteiger charge is -2.25. The van der Waals surface area contributed by atoms with E-state index in [0.717, 1.165) is 46.5 Å². The maximum Gasteiger partial charge on any atom is 0.264 e. The highest BCUT2D eigenvalue weighted by Crippen LogP contribution is 2.35. The Morgan fingerprint density at radius 2 is 1.89 bits per heavy atom. The molecule has 0 spiro atoms. The number of benzene rings is 2. The van der Waals surface area contributed by atoms with Crippen molar-refractivity contribution in [3.63, 3.8) is 0 Å². The van der Waals surface area contributed by atoms with E-state index in [1.165, 1.54) is 6.33 Å².